The van der Waals surface area contributed by atoms with Crippen LogP contribution in [0, 0.1) is 6.92 Å². The number of hydrogen-bond acceptors (Lipinski definition) is 4. The molecule has 102 valence electrons. The molecule has 8 heteroatoms. The van der Waals surface area contributed by atoms with Gasteiger partial charge in [0, 0.05) is 6.07 Å². The number of carbonyl (C=O) groups is 1. The van der Waals surface area contributed by atoms with Crippen LogP contribution in [0.3, 0.4) is 0 Å². The molecule has 0 amide bonds. The molecule has 0 aromatic carbocycles. The Morgan fingerprint density at radius 3 is 2.39 bits per heavy atom. The number of nitrogens with zero attached hydrogens (tertiary/aromatic N) is 1. The molecule has 1 fully saturated rings. The normalized spacial score (nSPS) is 15.2. The Kier molecular flexibility index (Phi) is 4.60. The summed E-state index contributed by atoms with van der Waals surface area (Å²) >= 11 is 0. The minimum atomic E-state index is -5.08. The average molecular weight is 267 g/mol. The van der Waals surface area contributed by atoms with E-state index < -0.39 is 12.1 Å². The first-order valence-corrected chi connectivity index (χ1v) is 5.07. The van der Waals surface area contributed by atoms with Crippen molar-refractivity contribution in [3.8, 4) is 0 Å². The molecule has 2 heterocycles. The van der Waals surface area contributed by atoms with Crippen LogP contribution in [0.2, 0.25) is 0 Å². The largest absolute Gasteiger partial charge is 0.490 e. The van der Waals surface area contributed by atoms with E-state index in [0.29, 0.717) is 0 Å². The minimum absolute atomic E-state index is 0.805. The molecule has 2 rings (SSSR count). The van der Waals surface area contributed by atoms with E-state index in [0.717, 1.165) is 31.2 Å². The lowest BCUT2D eigenvalue weighted by molar-refractivity contribution is -0.192. The molecule has 1 aliphatic rings. The third kappa shape index (κ3) is 4.28. The van der Waals surface area contributed by atoms with Crippen LogP contribution in [-0.2, 0) is 9.63 Å². The first kappa shape index (κ1) is 14.4. The maximum atomic E-state index is 10.6. The van der Waals surface area contributed by atoms with E-state index >= 15 is 0 Å². The smallest absolute Gasteiger partial charge is 0.475 e. The fourth-order valence-electron chi connectivity index (χ4n) is 1.18. The van der Waals surface area contributed by atoms with Crippen LogP contribution in [-0.4, -0.2) is 30.4 Å². The highest BCUT2D eigenvalue weighted by molar-refractivity contribution is 5.73. The van der Waals surface area contributed by atoms with Gasteiger partial charge in [0.2, 0.25) is 5.88 Å². The number of carboxylic acids is 1. The number of alkyl halides is 3. The maximum Gasteiger partial charge on any atom is 0.490 e. The number of rotatable bonds is 1. The number of anilines is 1. The van der Waals surface area contributed by atoms with E-state index in [2.05, 4.69) is 0 Å². The Balaban J connectivity index is 0.000000203. The van der Waals surface area contributed by atoms with Gasteiger partial charge < -0.3 is 9.52 Å². The Bertz CT molecular complexity index is 396. The van der Waals surface area contributed by atoms with Gasteiger partial charge in [-0.2, -0.15) is 13.2 Å². The molecule has 0 spiro atoms. The lowest BCUT2D eigenvalue weighted by Gasteiger charge is -2.10. The van der Waals surface area contributed by atoms with Crippen LogP contribution >= 0.6 is 0 Å². The second-order valence-electron chi connectivity index (χ2n) is 3.48. The maximum absolute atomic E-state index is 10.6. The van der Waals surface area contributed by atoms with E-state index in [1.807, 2.05) is 19.1 Å². The van der Waals surface area contributed by atoms with Crippen molar-refractivity contribution >= 4 is 11.9 Å². The van der Waals surface area contributed by atoms with Gasteiger partial charge in [-0.05, 0) is 19.4 Å². The Labute approximate surface area is 101 Å². The minimum Gasteiger partial charge on any atom is -0.475 e. The first-order valence-electron chi connectivity index (χ1n) is 5.07. The lowest BCUT2D eigenvalue weighted by Crippen LogP contribution is -2.21. The fourth-order valence-corrected chi connectivity index (χ4v) is 1.18. The van der Waals surface area contributed by atoms with Crippen molar-refractivity contribution < 1.29 is 32.3 Å². The summed E-state index contributed by atoms with van der Waals surface area (Å²) in [6.45, 7) is 3.67. The SMILES string of the molecule is Cc1ccc(N2CCCO2)o1.O=C(O)C(F)(F)F. The number of aryl methyl sites for hydroxylation is 1. The molecule has 1 aromatic heterocycles. The van der Waals surface area contributed by atoms with Crippen LogP contribution in [0.1, 0.15) is 12.2 Å². The van der Waals surface area contributed by atoms with E-state index in [4.69, 9.17) is 19.2 Å². The van der Waals surface area contributed by atoms with Crippen molar-refractivity contribution in [1.29, 1.82) is 0 Å². The molecular formula is C10H12F3NO4. The molecule has 1 N–H and O–H groups in total. The van der Waals surface area contributed by atoms with Gasteiger partial charge in [-0.15, -0.1) is 0 Å². The summed E-state index contributed by atoms with van der Waals surface area (Å²) in [6.07, 6.45) is -4.00. The standard InChI is InChI=1S/C8H11NO2.C2HF3O2/c1-7-3-4-8(11-7)9-5-2-6-10-9;3-2(4,5)1(6)7/h3-4H,2,5-6H2,1H3;(H,6,7). The number of hydrogen-bond donors (Lipinski definition) is 1. The second kappa shape index (κ2) is 5.76. The molecular weight excluding hydrogens is 255 g/mol. The van der Waals surface area contributed by atoms with Gasteiger partial charge in [0.05, 0.1) is 13.2 Å². The molecule has 0 atom stereocenters. The number of halogens is 3. The van der Waals surface area contributed by atoms with Gasteiger partial charge >= 0.3 is 12.1 Å². The predicted octanol–water partition coefficient (Wildman–Crippen LogP) is 2.36. The van der Waals surface area contributed by atoms with Gasteiger partial charge in [-0.25, -0.2) is 9.86 Å². The van der Waals surface area contributed by atoms with E-state index in [-0.39, 0.29) is 0 Å². The summed E-state index contributed by atoms with van der Waals surface area (Å²) in [5.41, 5.74) is 0. The quantitative estimate of drug-likeness (QED) is 0.846. The van der Waals surface area contributed by atoms with Crippen molar-refractivity contribution in [2.24, 2.45) is 0 Å². The fraction of sp³-hybridized carbons (Fsp3) is 0.500. The molecule has 1 aliphatic heterocycles. The topological polar surface area (TPSA) is 62.9 Å². The zero-order valence-corrected chi connectivity index (χ0v) is 9.53. The highest BCUT2D eigenvalue weighted by atomic mass is 19.4. The van der Waals surface area contributed by atoms with E-state index in [1.165, 1.54) is 0 Å². The average Bonchev–Trinajstić information content (AvgIpc) is 2.86. The summed E-state index contributed by atoms with van der Waals surface area (Å²) < 4.78 is 37.1. The molecule has 0 bridgehead atoms. The van der Waals surface area contributed by atoms with Crippen molar-refractivity contribution in [2.75, 3.05) is 18.2 Å². The summed E-state index contributed by atoms with van der Waals surface area (Å²) in [6, 6.07) is 3.87. The Hall–Kier alpha value is -1.70. The number of carboxylic acid groups (broad SMARTS) is 1. The van der Waals surface area contributed by atoms with Gasteiger partial charge in [-0.1, -0.05) is 0 Å². The van der Waals surface area contributed by atoms with Crippen molar-refractivity contribution in [3.05, 3.63) is 17.9 Å². The highest BCUT2D eigenvalue weighted by Crippen LogP contribution is 2.21. The molecule has 0 aliphatic carbocycles. The first-order chi connectivity index (χ1) is 8.30. The van der Waals surface area contributed by atoms with Crippen LogP contribution in [0.15, 0.2) is 16.5 Å². The Morgan fingerprint density at radius 1 is 1.44 bits per heavy atom. The van der Waals surface area contributed by atoms with Gasteiger partial charge in [-0.3, -0.25) is 4.84 Å². The van der Waals surface area contributed by atoms with Crippen molar-refractivity contribution in [2.45, 2.75) is 19.5 Å². The van der Waals surface area contributed by atoms with Crippen LogP contribution < -0.4 is 5.06 Å². The molecule has 18 heavy (non-hydrogen) atoms. The van der Waals surface area contributed by atoms with Gasteiger partial charge in [0.15, 0.2) is 0 Å². The van der Waals surface area contributed by atoms with Crippen LogP contribution in [0.25, 0.3) is 0 Å². The summed E-state index contributed by atoms with van der Waals surface area (Å²) in [4.78, 5) is 14.2. The molecule has 0 unspecified atom stereocenters. The lowest BCUT2D eigenvalue weighted by atomic mass is 10.4. The third-order valence-electron chi connectivity index (χ3n) is 1.97. The second-order valence-corrected chi connectivity index (χ2v) is 3.48. The number of aliphatic carboxylic acids is 1. The summed E-state index contributed by atoms with van der Waals surface area (Å²) in [7, 11) is 0. The third-order valence-corrected chi connectivity index (χ3v) is 1.97. The molecule has 1 saturated heterocycles. The monoisotopic (exact) mass is 267 g/mol. The predicted molar refractivity (Wildman–Crippen MR) is 55.1 cm³/mol. The molecule has 1 aromatic rings. The van der Waals surface area contributed by atoms with Crippen molar-refractivity contribution in [3.63, 3.8) is 0 Å². The molecule has 0 radical (unpaired) electrons. The van der Waals surface area contributed by atoms with Gasteiger partial charge in [0.1, 0.15) is 5.76 Å². The van der Waals surface area contributed by atoms with Crippen LogP contribution in [0.4, 0.5) is 19.1 Å². The molecule has 5 nitrogen and oxygen atoms in total. The zero-order chi connectivity index (χ0) is 13.8. The number of furan rings is 1. The highest BCUT2D eigenvalue weighted by Gasteiger charge is 2.38. The Morgan fingerprint density at radius 2 is 2.06 bits per heavy atom. The molecule has 0 saturated carbocycles. The van der Waals surface area contributed by atoms with E-state index in [9.17, 15) is 13.2 Å². The summed E-state index contributed by atoms with van der Waals surface area (Å²) in [5, 5.41) is 8.92. The summed E-state index contributed by atoms with van der Waals surface area (Å²) in [5.74, 6) is -1.01. The van der Waals surface area contributed by atoms with E-state index in [1.54, 1.807) is 5.06 Å². The zero-order valence-electron chi connectivity index (χ0n) is 9.53. The van der Waals surface area contributed by atoms with Crippen molar-refractivity contribution in [1.82, 2.24) is 0 Å². The number of hydroxylamine groups is 1. The van der Waals surface area contributed by atoms with Gasteiger partial charge in [0.25, 0.3) is 0 Å². The van der Waals surface area contributed by atoms with Crippen LogP contribution in [0.5, 0.6) is 0 Å².